The fourth-order valence-corrected chi connectivity index (χ4v) is 3.48. The molecule has 7 nitrogen and oxygen atoms in total. The second-order valence-corrected chi connectivity index (χ2v) is 7.90. The first-order valence-electron chi connectivity index (χ1n) is 7.54. The van der Waals surface area contributed by atoms with Crippen LogP contribution in [-0.4, -0.2) is 33.2 Å². The van der Waals surface area contributed by atoms with Gasteiger partial charge in [0.1, 0.15) is 23.7 Å². The van der Waals surface area contributed by atoms with Gasteiger partial charge in [0.15, 0.2) is 9.84 Å². The maximum Gasteiger partial charge on any atom is 0.341 e. The van der Waals surface area contributed by atoms with Crippen molar-refractivity contribution in [2.24, 2.45) is 0 Å². The van der Waals surface area contributed by atoms with E-state index in [0.29, 0.717) is 10.8 Å². The van der Waals surface area contributed by atoms with Crippen molar-refractivity contribution in [3.05, 3.63) is 52.4 Å². The van der Waals surface area contributed by atoms with Gasteiger partial charge in [0, 0.05) is 5.02 Å². The first-order valence-corrected chi connectivity index (χ1v) is 9.57. The average molecular weight is 401 g/mol. The molecule has 0 bridgehead atoms. The van der Waals surface area contributed by atoms with Crippen molar-refractivity contribution in [2.45, 2.75) is 24.8 Å². The van der Waals surface area contributed by atoms with Gasteiger partial charge in [-0.2, -0.15) is 0 Å². The molecular weight excluding hydrogens is 384 g/mol. The molecule has 2 rings (SSSR count). The molecule has 26 heavy (non-hydrogen) atoms. The van der Waals surface area contributed by atoms with E-state index in [0.717, 1.165) is 0 Å². The first-order chi connectivity index (χ1) is 12.2. The van der Waals surface area contributed by atoms with Gasteiger partial charge in [-0.1, -0.05) is 11.6 Å². The highest BCUT2D eigenvalue weighted by Gasteiger charge is 2.19. The summed E-state index contributed by atoms with van der Waals surface area (Å²) in [5.41, 5.74) is 0.240. The second-order valence-electron chi connectivity index (χ2n) is 5.36. The van der Waals surface area contributed by atoms with Gasteiger partial charge in [-0.15, -0.1) is 0 Å². The summed E-state index contributed by atoms with van der Waals surface area (Å²) in [6.45, 7) is 1.37. The molecule has 0 spiro atoms. The number of ether oxygens (including phenoxy) is 2. The first kappa shape index (κ1) is 20.0. The Labute approximate surface area is 155 Å². The number of benzene rings is 1. The van der Waals surface area contributed by atoms with E-state index in [4.69, 9.17) is 20.8 Å². The van der Waals surface area contributed by atoms with Crippen molar-refractivity contribution in [3.63, 3.8) is 0 Å². The number of methoxy groups -OCH3 is 1. The number of sulfone groups is 1. The van der Waals surface area contributed by atoms with E-state index in [-0.39, 0.29) is 29.2 Å². The molecule has 0 aliphatic heterocycles. The minimum atomic E-state index is -3.62. The van der Waals surface area contributed by atoms with Gasteiger partial charge in [-0.05, 0) is 37.3 Å². The fraction of sp³-hybridized carbons (Fsp3) is 0.294. The normalized spacial score (nSPS) is 11.2. The van der Waals surface area contributed by atoms with E-state index < -0.39 is 27.5 Å². The van der Waals surface area contributed by atoms with Crippen molar-refractivity contribution in [2.75, 3.05) is 12.9 Å². The van der Waals surface area contributed by atoms with Crippen LogP contribution in [0.25, 0.3) is 0 Å². The summed E-state index contributed by atoms with van der Waals surface area (Å²) in [7, 11) is -2.37. The lowest BCUT2D eigenvalue weighted by atomic mass is 10.2. The summed E-state index contributed by atoms with van der Waals surface area (Å²) in [6.07, 6.45) is -0.311. The third kappa shape index (κ3) is 5.09. The standard InChI is InChI=1S/C17H17ClO7S/c1-11-15(17(20)23-2)9-13(25-11)10-24-16(19)7-8-26(21,22)14-5-3-12(18)4-6-14/h3-6,9H,7-8,10H2,1-2H3. The lowest BCUT2D eigenvalue weighted by molar-refractivity contribution is -0.145. The minimum Gasteiger partial charge on any atom is -0.465 e. The smallest absolute Gasteiger partial charge is 0.341 e. The summed E-state index contributed by atoms with van der Waals surface area (Å²) in [5, 5.41) is 0.420. The number of rotatable bonds is 7. The Balaban J connectivity index is 1.89. The van der Waals surface area contributed by atoms with E-state index >= 15 is 0 Å². The van der Waals surface area contributed by atoms with Crippen LogP contribution >= 0.6 is 11.6 Å². The van der Waals surface area contributed by atoms with Crippen molar-refractivity contribution < 1.29 is 31.9 Å². The van der Waals surface area contributed by atoms with E-state index in [9.17, 15) is 18.0 Å². The summed E-state index contributed by atoms with van der Waals surface area (Å²) in [6, 6.07) is 7.10. The topological polar surface area (TPSA) is 99.9 Å². The van der Waals surface area contributed by atoms with Gasteiger partial charge in [0.25, 0.3) is 0 Å². The van der Waals surface area contributed by atoms with Gasteiger partial charge >= 0.3 is 11.9 Å². The van der Waals surface area contributed by atoms with E-state index in [2.05, 4.69) is 4.74 Å². The predicted molar refractivity (Wildman–Crippen MR) is 92.7 cm³/mol. The van der Waals surface area contributed by atoms with Gasteiger partial charge in [-0.25, -0.2) is 13.2 Å². The number of carbonyl (C=O) groups excluding carboxylic acids is 2. The average Bonchev–Trinajstić information content (AvgIpc) is 2.98. The Bertz CT molecular complexity index is 898. The lowest BCUT2D eigenvalue weighted by Gasteiger charge is -2.05. The number of halogens is 1. The Morgan fingerprint density at radius 3 is 2.46 bits per heavy atom. The zero-order valence-electron chi connectivity index (χ0n) is 14.2. The maximum absolute atomic E-state index is 12.2. The van der Waals surface area contributed by atoms with Crippen LogP contribution in [0, 0.1) is 6.92 Å². The van der Waals surface area contributed by atoms with Crippen LogP contribution in [0.1, 0.15) is 28.3 Å². The Hall–Kier alpha value is -2.32. The van der Waals surface area contributed by atoms with Gasteiger partial charge in [-0.3, -0.25) is 4.79 Å². The number of esters is 2. The predicted octanol–water partition coefficient (Wildman–Crippen LogP) is 2.94. The fourth-order valence-electron chi connectivity index (χ4n) is 2.13. The molecule has 0 aliphatic rings. The van der Waals surface area contributed by atoms with Crippen LogP contribution in [0.4, 0.5) is 0 Å². The van der Waals surface area contributed by atoms with E-state index in [1.54, 1.807) is 6.92 Å². The SMILES string of the molecule is COC(=O)c1cc(COC(=O)CCS(=O)(=O)c2ccc(Cl)cc2)oc1C. The summed E-state index contributed by atoms with van der Waals surface area (Å²) in [4.78, 5) is 23.4. The molecule has 1 aromatic carbocycles. The number of hydrogen-bond acceptors (Lipinski definition) is 7. The molecule has 1 heterocycles. The van der Waals surface area contributed by atoms with Crippen LogP contribution in [0.15, 0.2) is 39.6 Å². The number of carbonyl (C=O) groups is 2. The Morgan fingerprint density at radius 1 is 1.19 bits per heavy atom. The van der Waals surface area contributed by atoms with Crippen LogP contribution in [0.3, 0.4) is 0 Å². The van der Waals surface area contributed by atoms with Gasteiger partial charge in [0.2, 0.25) is 0 Å². The van der Waals surface area contributed by atoms with Crippen LogP contribution in [-0.2, 0) is 30.7 Å². The molecule has 9 heteroatoms. The molecule has 0 fully saturated rings. The molecule has 0 saturated heterocycles. The molecule has 1 aromatic heterocycles. The summed E-state index contributed by atoms with van der Waals surface area (Å²) in [5.74, 6) is -1.04. The number of hydrogen-bond donors (Lipinski definition) is 0. The highest BCUT2D eigenvalue weighted by atomic mass is 35.5. The number of furan rings is 1. The molecule has 0 amide bonds. The summed E-state index contributed by atoms with van der Waals surface area (Å²) >= 11 is 5.72. The van der Waals surface area contributed by atoms with Crippen molar-refractivity contribution in [1.82, 2.24) is 0 Å². The molecule has 0 radical (unpaired) electrons. The van der Waals surface area contributed by atoms with Crippen LogP contribution in [0.2, 0.25) is 5.02 Å². The zero-order chi connectivity index (χ0) is 19.3. The third-order valence-electron chi connectivity index (χ3n) is 3.50. The Morgan fingerprint density at radius 2 is 1.85 bits per heavy atom. The minimum absolute atomic E-state index is 0.0825. The summed E-state index contributed by atoms with van der Waals surface area (Å²) < 4.78 is 39.2. The molecule has 0 N–H and O–H groups in total. The van der Waals surface area contributed by atoms with Crippen molar-refractivity contribution in [1.29, 1.82) is 0 Å². The molecule has 0 unspecified atom stereocenters. The van der Waals surface area contributed by atoms with Gasteiger partial charge < -0.3 is 13.9 Å². The largest absolute Gasteiger partial charge is 0.465 e. The van der Waals surface area contributed by atoms with E-state index in [1.807, 2.05) is 0 Å². The third-order valence-corrected chi connectivity index (χ3v) is 5.48. The number of aryl methyl sites for hydroxylation is 1. The van der Waals surface area contributed by atoms with Gasteiger partial charge in [0.05, 0.1) is 24.2 Å². The molecule has 2 aromatic rings. The lowest BCUT2D eigenvalue weighted by Crippen LogP contribution is -2.13. The molecule has 140 valence electrons. The molecule has 0 aliphatic carbocycles. The highest BCUT2D eigenvalue weighted by molar-refractivity contribution is 7.91. The quantitative estimate of drug-likeness (QED) is 0.658. The molecule has 0 atom stereocenters. The monoisotopic (exact) mass is 400 g/mol. The van der Waals surface area contributed by atoms with Crippen molar-refractivity contribution >= 4 is 33.4 Å². The molecular formula is C17H17ClO7S. The maximum atomic E-state index is 12.2. The van der Waals surface area contributed by atoms with E-state index in [1.165, 1.54) is 37.4 Å². The van der Waals surface area contributed by atoms with Crippen LogP contribution in [0.5, 0.6) is 0 Å². The Kier molecular flexibility index (Phi) is 6.44. The second kappa shape index (κ2) is 8.37. The van der Waals surface area contributed by atoms with Crippen LogP contribution < -0.4 is 0 Å². The van der Waals surface area contributed by atoms with Crippen molar-refractivity contribution in [3.8, 4) is 0 Å². The zero-order valence-corrected chi connectivity index (χ0v) is 15.7. The molecule has 0 saturated carbocycles. The highest BCUT2D eigenvalue weighted by Crippen LogP contribution is 2.18.